The first kappa shape index (κ1) is 19.0. The number of esters is 1. The van der Waals surface area contributed by atoms with Gasteiger partial charge in [0.15, 0.2) is 0 Å². The Bertz CT molecular complexity index is 871. The molecule has 0 bridgehead atoms. The molecule has 1 atom stereocenters. The van der Waals surface area contributed by atoms with Crippen LogP contribution in [0.25, 0.3) is 0 Å². The summed E-state index contributed by atoms with van der Waals surface area (Å²) >= 11 is 1.02. The molecule has 8 heteroatoms. The Morgan fingerprint density at radius 2 is 1.88 bits per heavy atom. The van der Waals surface area contributed by atoms with Crippen molar-refractivity contribution in [3.8, 4) is 0 Å². The maximum Gasteiger partial charge on any atom is 0.349 e. The van der Waals surface area contributed by atoms with Crippen molar-refractivity contribution in [1.29, 1.82) is 0 Å². The predicted octanol–water partition coefficient (Wildman–Crippen LogP) is 3.88. The zero-order valence-electron chi connectivity index (χ0n) is 14.3. The highest BCUT2D eigenvalue weighted by atomic mass is 32.2. The van der Waals surface area contributed by atoms with Crippen LogP contribution in [0.1, 0.15) is 47.0 Å². The van der Waals surface area contributed by atoms with Crippen molar-refractivity contribution < 1.29 is 22.3 Å². The van der Waals surface area contributed by atoms with Gasteiger partial charge in [-0.1, -0.05) is 25.0 Å². The molecule has 5 nitrogen and oxygen atoms in total. The second kappa shape index (κ2) is 7.85. The molecule has 0 aliphatic heterocycles. The van der Waals surface area contributed by atoms with Gasteiger partial charge in [0, 0.05) is 6.04 Å². The van der Waals surface area contributed by atoms with Crippen molar-refractivity contribution in [3.63, 3.8) is 0 Å². The van der Waals surface area contributed by atoms with Gasteiger partial charge in [-0.3, -0.25) is 0 Å². The number of hydrogen-bond donors (Lipinski definition) is 1. The van der Waals surface area contributed by atoms with E-state index in [1.165, 1.54) is 25.3 Å². The minimum atomic E-state index is -3.93. The van der Waals surface area contributed by atoms with Crippen LogP contribution in [0.3, 0.4) is 0 Å². The lowest BCUT2D eigenvalue weighted by Crippen LogP contribution is -2.33. The van der Waals surface area contributed by atoms with E-state index in [9.17, 15) is 17.6 Å². The highest BCUT2D eigenvalue weighted by Crippen LogP contribution is 2.37. The number of sulfonamides is 1. The molecule has 1 aliphatic rings. The lowest BCUT2D eigenvalue weighted by Gasteiger charge is -2.25. The summed E-state index contributed by atoms with van der Waals surface area (Å²) in [5.74, 6) is -0.914. The topological polar surface area (TPSA) is 72.5 Å². The third-order valence-electron chi connectivity index (χ3n) is 4.67. The highest BCUT2D eigenvalue weighted by molar-refractivity contribution is 7.89. The van der Waals surface area contributed by atoms with Gasteiger partial charge in [0.1, 0.15) is 15.6 Å². The van der Waals surface area contributed by atoms with E-state index in [1.54, 1.807) is 17.5 Å². The number of halogens is 1. The molecule has 1 fully saturated rings. The quantitative estimate of drug-likeness (QED) is 0.751. The van der Waals surface area contributed by atoms with Crippen LogP contribution in [-0.2, 0) is 14.8 Å². The molecular formula is C18H20FNO4S2. The Kier molecular flexibility index (Phi) is 5.74. The van der Waals surface area contributed by atoms with Gasteiger partial charge < -0.3 is 4.74 Å². The van der Waals surface area contributed by atoms with E-state index in [0.717, 1.165) is 42.6 Å². The molecule has 1 aliphatic carbocycles. The second-order valence-electron chi connectivity index (χ2n) is 6.30. The first-order valence-corrected chi connectivity index (χ1v) is 10.7. The Hall–Kier alpha value is -1.77. The Morgan fingerprint density at radius 3 is 2.50 bits per heavy atom. The van der Waals surface area contributed by atoms with Crippen LogP contribution in [0.4, 0.5) is 4.39 Å². The number of benzene rings is 1. The van der Waals surface area contributed by atoms with E-state index >= 15 is 0 Å². The first-order chi connectivity index (χ1) is 12.4. The molecule has 0 saturated heterocycles. The summed E-state index contributed by atoms with van der Waals surface area (Å²) < 4.78 is 46.6. The van der Waals surface area contributed by atoms with Crippen LogP contribution >= 0.6 is 11.3 Å². The van der Waals surface area contributed by atoms with Gasteiger partial charge in [-0.15, -0.1) is 11.3 Å². The number of carbonyl (C=O) groups is 1. The van der Waals surface area contributed by atoms with Gasteiger partial charge >= 0.3 is 5.97 Å². The molecule has 1 saturated carbocycles. The molecular weight excluding hydrogens is 377 g/mol. The Balaban J connectivity index is 1.94. The Morgan fingerprint density at radius 1 is 1.23 bits per heavy atom. The SMILES string of the molecule is COC(=O)c1sccc1S(=O)(=O)NC(c1ccc(F)cc1)C1CCCC1. The normalized spacial score (nSPS) is 16.5. The van der Waals surface area contributed by atoms with E-state index in [0.29, 0.717) is 0 Å². The monoisotopic (exact) mass is 397 g/mol. The Labute approximate surface area is 156 Å². The summed E-state index contributed by atoms with van der Waals surface area (Å²) in [6, 6.07) is 6.81. The average molecular weight is 397 g/mol. The zero-order chi connectivity index (χ0) is 18.7. The first-order valence-electron chi connectivity index (χ1n) is 8.36. The second-order valence-corrected chi connectivity index (χ2v) is 8.90. The van der Waals surface area contributed by atoms with Crippen LogP contribution in [0.5, 0.6) is 0 Å². The molecule has 0 amide bonds. The summed E-state index contributed by atoms with van der Waals surface area (Å²) in [6.45, 7) is 0. The number of thiophene rings is 1. The van der Waals surface area contributed by atoms with E-state index in [1.807, 2.05) is 0 Å². The van der Waals surface area contributed by atoms with Gasteiger partial charge in [0.05, 0.1) is 7.11 Å². The molecule has 140 valence electrons. The van der Waals surface area contributed by atoms with E-state index in [-0.39, 0.29) is 21.5 Å². The van der Waals surface area contributed by atoms with Crippen LogP contribution in [0.2, 0.25) is 0 Å². The maximum atomic E-state index is 13.3. The van der Waals surface area contributed by atoms with Gasteiger partial charge in [0.25, 0.3) is 0 Å². The maximum absolute atomic E-state index is 13.3. The number of carbonyl (C=O) groups excluding carboxylic acids is 1. The zero-order valence-corrected chi connectivity index (χ0v) is 15.9. The molecule has 1 aromatic carbocycles. The fourth-order valence-electron chi connectivity index (χ4n) is 3.38. The average Bonchev–Trinajstić information content (AvgIpc) is 3.31. The fraction of sp³-hybridized carbons (Fsp3) is 0.389. The summed E-state index contributed by atoms with van der Waals surface area (Å²) in [4.78, 5) is 11.8. The standard InChI is InChI=1S/C18H20FNO4S2/c1-24-18(21)17-15(10-11-25-17)26(22,23)20-16(12-4-2-3-5-12)13-6-8-14(19)9-7-13/h6-12,16,20H,2-5H2,1H3. The molecule has 1 unspecified atom stereocenters. The number of hydrogen-bond acceptors (Lipinski definition) is 5. The third kappa shape index (κ3) is 3.97. The number of rotatable bonds is 6. The number of ether oxygens (including phenoxy) is 1. The van der Waals surface area contributed by atoms with Gasteiger partial charge in [0.2, 0.25) is 10.0 Å². The van der Waals surface area contributed by atoms with Crippen molar-refractivity contribution in [1.82, 2.24) is 4.72 Å². The third-order valence-corrected chi connectivity index (χ3v) is 7.18. The molecule has 0 spiro atoms. The largest absolute Gasteiger partial charge is 0.465 e. The minimum Gasteiger partial charge on any atom is -0.465 e. The van der Waals surface area contributed by atoms with Crippen LogP contribution in [0, 0.1) is 11.7 Å². The fourth-order valence-corrected chi connectivity index (χ4v) is 6.01. The van der Waals surface area contributed by atoms with Crippen molar-refractivity contribution in [2.45, 2.75) is 36.6 Å². The smallest absolute Gasteiger partial charge is 0.349 e. The highest BCUT2D eigenvalue weighted by Gasteiger charge is 2.33. The van der Waals surface area contributed by atoms with E-state index in [4.69, 9.17) is 0 Å². The van der Waals surface area contributed by atoms with Gasteiger partial charge in [-0.05, 0) is 47.9 Å². The molecule has 1 N–H and O–H groups in total. The summed E-state index contributed by atoms with van der Waals surface area (Å²) in [5.41, 5.74) is 0.719. The van der Waals surface area contributed by atoms with Crippen LogP contribution < -0.4 is 4.72 Å². The van der Waals surface area contributed by atoms with Gasteiger partial charge in [-0.25, -0.2) is 22.3 Å². The predicted molar refractivity (Wildman–Crippen MR) is 97.1 cm³/mol. The molecule has 0 radical (unpaired) electrons. The number of nitrogens with one attached hydrogen (secondary N) is 1. The molecule has 1 heterocycles. The van der Waals surface area contributed by atoms with Crippen LogP contribution in [0.15, 0.2) is 40.6 Å². The number of methoxy groups -OCH3 is 1. The molecule has 3 rings (SSSR count). The van der Waals surface area contributed by atoms with Crippen molar-refractivity contribution in [2.75, 3.05) is 7.11 Å². The van der Waals surface area contributed by atoms with E-state index in [2.05, 4.69) is 9.46 Å². The minimum absolute atomic E-state index is 0.0456. The van der Waals surface area contributed by atoms with Crippen LogP contribution in [-0.4, -0.2) is 21.5 Å². The van der Waals surface area contributed by atoms with Crippen molar-refractivity contribution >= 4 is 27.3 Å². The van der Waals surface area contributed by atoms with Crippen molar-refractivity contribution in [2.24, 2.45) is 5.92 Å². The lowest BCUT2D eigenvalue weighted by atomic mass is 9.92. The van der Waals surface area contributed by atoms with E-state index < -0.39 is 22.0 Å². The van der Waals surface area contributed by atoms with Gasteiger partial charge in [-0.2, -0.15) is 0 Å². The summed E-state index contributed by atoms with van der Waals surface area (Å²) in [7, 11) is -2.72. The summed E-state index contributed by atoms with van der Waals surface area (Å²) in [6.07, 6.45) is 3.88. The summed E-state index contributed by atoms with van der Waals surface area (Å²) in [5, 5.41) is 1.54. The molecule has 26 heavy (non-hydrogen) atoms. The molecule has 1 aromatic heterocycles. The molecule has 2 aromatic rings. The lowest BCUT2D eigenvalue weighted by molar-refractivity contribution is 0.0602. The van der Waals surface area contributed by atoms with Crippen molar-refractivity contribution in [3.05, 3.63) is 52.0 Å².